The second kappa shape index (κ2) is 5.42. The van der Waals surface area contributed by atoms with Crippen LogP contribution in [0.2, 0.25) is 5.02 Å². The Morgan fingerprint density at radius 2 is 2.09 bits per heavy atom. The minimum absolute atomic E-state index is 0.0288. The van der Waals surface area contributed by atoms with Crippen LogP contribution in [0.1, 0.15) is 30.5 Å². The molecule has 0 spiro atoms. The maximum atomic E-state index is 6.08. The van der Waals surface area contributed by atoms with Gasteiger partial charge >= 0.3 is 6.08 Å². The van der Waals surface area contributed by atoms with Gasteiger partial charge in [0.2, 0.25) is 11.7 Å². The minimum Gasteiger partial charge on any atom is -0.439 e. The summed E-state index contributed by atoms with van der Waals surface area (Å²) in [6.07, 6.45) is 2.24. The maximum Gasteiger partial charge on any atom is 0.418 e. The van der Waals surface area contributed by atoms with Crippen molar-refractivity contribution in [3.8, 4) is 17.5 Å². The first-order valence-corrected chi connectivity index (χ1v) is 7.21. The monoisotopic (exact) mass is 318 g/mol. The standard InChI is InChI=1S/C14H11ClN4O3/c15-10-4-2-1-3-9(10)12-16-14(22-19-12)20-7-11-17-18-13(21-11)8-5-6-8/h1-4,8H,5-7H2. The SMILES string of the molecule is Clc1ccccc1-c1noc(OCc2nnc(C3CC3)o2)n1. The van der Waals surface area contributed by atoms with Gasteiger partial charge in [-0.15, -0.1) is 10.2 Å². The normalized spacial score (nSPS) is 14.2. The van der Waals surface area contributed by atoms with Crippen molar-refractivity contribution >= 4 is 11.6 Å². The summed E-state index contributed by atoms with van der Waals surface area (Å²) in [5.74, 6) is 1.83. The van der Waals surface area contributed by atoms with Crippen LogP contribution in [-0.2, 0) is 6.61 Å². The van der Waals surface area contributed by atoms with Crippen molar-refractivity contribution in [1.82, 2.24) is 20.3 Å². The van der Waals surface area contributed by atoms with E-state index >= 15 is 0 Å². The zero-order valence-corrected chi connectivity index (χ0v) is 12.2. The van der Waals surface area contributed by atoms with Crippen LogP contribution in [0, 0.1) is 0 Å². The van der Waals surface area contributed by atoms with Crippen molar-refractivity contribution in [2.75, 3.05) is 0 Å². The third-order valence-corrected chi connectivity index (χ3v) is 3.58. The molecule has 3 aromatic rings. The Bertz CT molecular complexity index is 797. The molecule has 4 rings (SSSR count). The van der Waals surface area contributed by atoms with E-state index in [1.807, 2.05) is 12.1 Å². The quantitative estimate of drug-likeness (QED) is 0.713. The average Bonchev–Trinajstić information content (AvgIpc) is 3.09. The summed E-state index contributed by atoms with van der Waals surface area (Å²) in [5.41, 5.74) is 0.677. The minimum atomic E-state index is 0.0288. The number of rotatable bonds is 5. The van der Waals surface area contributed by atoms with Crippen LogP contribution in [0.5, 0.6) is 6.08 Å². The highest BCUT2D eigenvalue weighted by Gasteiger charge is 2.29. The van der Waals surface area contributed by atoms with Gasteiger partial charge in [-0.1, -0.05) is 28.9 Å². The van der Waals surface area contributed by atoms with Crippen LogP contribution < -0.4 is 4.74 Å². The van der Waals surface area contributed by atoms with E-state index in [0.29, 0.717) is 34.1 Å². The van der Waals surface area contributed by atoms with Gasteiger partial charge in [-0.3, -0.25) is 4.52 Å². The van der Waals surface area contributed by atoms with E-state index in [9.17, 15) is 0 Å². The van der Waals surface area contributed by atoms with E-state index < -0.39 is 0 Å². The highest BCUT2D eigenvalue weighted by atomic mass is 35.5. The van der Waals surface area contributed by atoms with E-state index in [0.717, 1.165) is 12.8 Å². The van der Waals surface area contributed by atoms with E-state index in [-0.39, 0.29) is 12.7 Å². The molecule has 1 saturated carbocycles. The number of aromatic nitrogens is 4. The van der Waals surface area contributed by atoms with Gasteiger partial charge in [0.15, 0.2) is 6.61 Å². The van der Waals surface area contributed by atoms with Crippen LogP contribution in [0.4, 0.5) is 0 Å². The van der Waals surface area contributed by atoms with Crippen molar-refractivity contribution in [3.63, 3.8) is 0 Å². The van der Waals surface area contributed by atoms with Crippen molar-refractivity contribution < 1.29 is 13.7 Å². The van der Waals surface area contributed by atoms with Gasteiger partial charge in [0.25, 0.3) is 5.89 Å². The van der Waals surface area contributed by atoms with Gasteiger partial charge in [0.1, 0.15) is 0 Å². The molecule has 1 aliphatic carbocycles. The van der Waals surface area contributed by atoms with Gasteiger partial charge in [0, 0.05) is 11.5 Å². The Hall–Kier alpha value is -2.41. The van der Waals surface area contributed by atoms with E-state index in [1.165, 1.54) is 0 Å². The fourth-order valence-corrected chi connectivity index (χ4v) is 2.18. The Kier molecular flexibility index (Phi) is 3.27. The summed E-state index contributed by atoms with van der Waals surface area (Å²) < 4.78 is 15.9. The molecule has 8 heteroatoms. The summed E-state index contributed by atoms with van der Waals surface area (Å²) in [7, 11) is 0. The van der Waals surface area contributed by atoms with Crippen LogP contribution in [0.25, 0.3) is 11.4 Å². The summed E-state index contributed by atoms with van der Waals surface area (Å²) >= 11 is 6.08. The Balaban J connectivity index is 1.44. The van der Waals surface area contributed by atoms with Gasteiger partial charge in [0.05, 0.1) is 5.02 Å². The Labute approximate surface area is 130 Å². The lowest BCUT2D eigenvalue weighted by atomic mass is 10.2. The zero-order chi connectivity index (χ0) is 14.9. The van der Waals surface area contributed by atoms with Gasteiger partial charge in [-0.25, -0.2) is 0 Å². The van der Waals surface area contributed by atoms with Crippen molar-refractivity contribution in [3.05, 3.63) is 41.1 Å². The smallest absolute Gasteiger partial charge is 0.418 e. The highest BCUT2D eigenvalue weighted by Crippen LogP contribution is 2.39. The largest absolute Gasteiger partial charge is 0.439 e. The fourth-order valence-electron chi connectivity index (χ4n) is 1.96. The Morgan fingerprint density at radius 3 is 2.91 bits per heavy atom. The number of ether oxygens (including phenoxy) is 1. The lowest BCUT2D eigenvalue weighted by Crippen LogP contribution is -1.95. The molecule has 2 aromatic heterocycles. The number of nitrogens with zero attached hydrogens (tertiary/aromatic N) is 4. The highest BCUT2D eigenvalue weighted by molar-refractivity contribution is 6.33. The second-order valence-electron chi connectivity index (χ2n) is 4.96. The lowest BCUT2D eigenvalue weighted by Gasteiger charge is -1.96. The lowest BCUT2D eigenvalue weighted by molar-refractivity contribution is 0.175. The fraction of sp³-hybridized carbons (Fsp3) is 0.286. The third kappa shape index (κ3) is 2.67. The molecule has 0 bridgehead atoms. The summed E-state index contributed by atoms with van der Waals surface area (Å²) in [5, 5.41) is 12.3. The van der Waals surface area contributed by atoms with Gasteiger partial charge in [-0.2, -0.15) is 4.98 Å². The molecule has 112 valence electrons. The molecule has 1 aromatic carbocycles. The van der Waals surface area contributed by atoms with E-state index in [1.54, 1.807) is 12.1 Å². The van der Waals surface area contributed by atoms with Crippen molar-refractivity contribution in [2.24, 2.45) is 0 Å². The zero-order valence-electron chi connectivity index (χ0n) is 11.4. The molecular formula is C14H11ClN4O3. The van der Waals surface area contributed by atoms with Crippen molar-refractivity contribution in [1.29, 1.82) is 0 Å². The summed E-state index contributed by atoms with van der Waals surface area (Å²) in [4.78, 5) is 4.14. The number of hydrogen-bond acceptors (Lipinski definition) is 7. The van der Waals surface area contributed by atoms with E-state index in [4.69, 9.17) is 25.3 Å². The molecule has 1 fully saturated rings. The predicted octanol–water partition coefficient (Wildman–Crippen LogP) is 3.23. The maximum absolute atomic E-state index is 6.08. The van der Waals surface area contributed by atoms with Crippen LogP contribution in [0.15, 0.2) is 33.2 Å². The molecule has 0 atom stereocenters. The first-order valence-electron chi connectivity index (χ1n) is 6.83. The second-order valence-corrected chi connectivity index (χ2v) is 5.37. The van der Waals surface area contributed by atoms with Crippen LogP contribution in [-0.4, -0.2) is 20.3 Å². The molecular weight excluding hydrogens is 308 g/mol. The molecule has 7 nitrogen and oxygen atoms in total. The van der Waals surface area contributed by atoms with E-state index in [2.05, 4.69) is 20.3 Å². The third-order valence-electron chi connectivity index (χ3n) is 3.25. The molecule has 0 saturated heterocycles. The predicted molar refractivity (Wildman–Crippen MR) is 75.3 cm³/mol. The topological polar surface area (TPSA) is 87.1 Å². The number of halogens is 1. The molecule has 0 unspecified atom stereocenters. The summed E-state index contributed by atoms with van der Waals surface area (Å²) in [6.45, 7) is 0.0872. The molecule has 22 heavy (non-hydrogen) atoms. The molecule has 2 heterocycles. The average molecular weight is 319 g/mol. The first kappa shape index (κ1) is 13.3. The molecule has 0 N–H and O–H groups in total. The molecule has 0 amide bonds. The van der Waals surface area contributed by atoms with Crippen molar-refractivity contribution in [2.45, 2.75) is 25.4 Å². The first-order chi connectivity index (χ1) is 10.8. The molecule has 0 aliphatic heterocycles. The summed E-state index contributed by atoms with van der Waals surface area (Å²) in [6, 6.07) is 7.23. The molecule has 0 radical (unpaired) electrons. The number of benzene rings is 1. The van der Waals surface area contributed by atoms with Crippen LogP contribution in [0.3, 0.4) is 0 Å². The Morgan fingerprint density at radius 1 is 1.23 bits per heavy atom. The van der Waals surface area contributed by atoms with Crippen LogP contribution >= 0.6 is 11.6 Å². The molecule has 1 aliphatic rings. The van der Waals surface area contributed by atoms with Gasteiger partial charge in [-0.05, 0) is 25.0 Å². The van der Waals surface area contributed by atoms with Gasteiger partial charge < -0.3 is 9.15 Å². The number of hydrogen-bond donors (Lipinski definition) is 0.